The van der Waals surface area contributed by atoms with Gasteiger partial charge in [0.25, 0.3) is 0 Å². The quantitative estimate of drug-likeness (QED) is 0.392. The van der Waals surface area contributed by atoms with Crippen LogP contribution < -0.4 is 16.0 Å². The summed E-state index contributed by atoms with van der Waals surface area (Å²) in [6.07, 6.45) is 1.24. The molecule has 0 saturated carbocycles. The van der Waals surface area contributed by atoms with Crippen LogP contribution in [0.25, 0.3) is 0 Å². The Labute approximate surface area is 175 Å². The van der Waals surface area contributed by atoms with Crippen LogP contribution in [0, 0.1) is 5.92 Å². The number of nitrogens with one attached hydrogen (secondary N) is 3. The summed E-state index contributed by atoms with van der Waals surface area (Å²) in [7, 11) is 0. The van der Waals surface area contributed by atoms with Crippen molar-refractivity contribution in [2.24, 2.45) is 10.9 Å². The molecule has 1 unspecified atom stereocenters. The lowest BCUT2D eigenvalue weighted by atomic mass is 10.1. The smallest absolute Gasteiger partial charge is 0.227 e. The summed E-state index contributed by atoms with van der Waals surface area (Å²) in [4.78, 5) is 30.6. The lowest BCUT2D eigenvalue weighted by Crippen LogP contribution is -2.40. The van der Waals surface area contributed by atoms with Gasteiger partial charge in [0, 0.05) is 44.2 Å². The van der Waals surface area contributed by atoms with E-state index < -0.39 is 0 Å². The third-order valence-corrected chi connectivity index (χ3v) is 4.77. The van der Waals surface area contributed by atoms with Crippen molar-refractivity contribution in [3.8, 4) is 0 Å². The molecule has 0 fully saturated rings. The monoisotopic (exact) mass is 403 g/mol. The summed E-state index contributed by atoms with van der Waals surface area (Å²) < 4.78 is 0. The minimum absolute atomic E-state index is 0.0136. The van der Waals surface area contributed by atoms with Gasteiger partial charge in [-0.1, -0.05) is 26.0 Å². The van der Waals surface area contributed by atoms with Gasteiger partial charge in [-0.3, -0.25) is 9.59 Å². The average Bonchev–Trinajstić information content (AvgIpc) is 2.72. The minimum Gasteiger partial charge on any atom is -0.357 e. The second kappa shape index (κ2) is 13.6. The second-order valence-corrected chi connectivity index (χ2v) is 6.94. The fourth-order valence-electron chi connectivity index (χ4n) is 2.73. The van der Waals surface area contributed by atoms with Crippen LogP contribution in [-0.4, -0.2) is 48.9 Å². The highest BCUT2D eigenvalue weighted by Crippen LogP contribution is 2.13. The van der Waals surface area contributed by atoms with Gasteiger partial charge in [0.15, 0.2) is 5.96 Å². The van der Waals surface area contributed by atoms with Gasteiger partial charge in [0.05, 0.1) is 6.54 Å². The van der Waals surface area contributed by atoms with Gasteiger partial charge in [-0.15, -0.1) is 0 Å². The van der Waals surface area contributed by atoms with Crippen molar-refractivity contribution in [2.45, 2.75) is 54.0 Å². The highest BCUT2D eigenvalue weighted by atomic mass is 16.2. The third-order valence-electron chi connectivity index (χ3n) is 4.77. The van der Waals surface area contributed by atoms with Crippen LogP contribution >= 0.6 is 0 Å². The summed E-state index contributed by atoms with van der Waals surface area (Å²) in [5.41, 5.74) is 1.79. The number of guanidine groups is 1. The molecule has 0 aliphatic carbocycles. The number of nitrogens with zero attached hydrogens (tertiary/aromatic N) is 2. The first kappa shape index (κ1) is 24.5. The minimum atomic E-state index is -0.0136. The zero-order valence-corrected chi connectivity index (χ0v) is 18.5. The van der Waals surface area contributed by atoms with Gasteiger partial charge in [0.1, 0.15) is 0 Å². The molecular weight excluding hydrogens is 366 g/mol. The van der Waals surface area contributed by atoms with E-state index in [0.29, 0.717) is 25.5 Å². The van der Waals surface area contributed by atoms with Crippen molar-refractivity contribution in [1.29, 1.82) is 0 Å². The number of anilines is 1. The van der Waals surface area contributed by atoms with E-state index in [1.165, 1.54) is 0 Å². The van der Waals surface area contributed by atoms with Gasteiger partial charge >= 0.3 is 0 Å². The number of hydrogen-bond acceptors (Lipinski definition) is 3. The maximum atomic E-state index is 12.1. The molecule has 2 amide bonds. The van der Waals surface area contributed by atoms with Gasteiger partial charge in [0.2, 0.25) is 11.8 Å². The topological polar surface area (TPSA) is 85.8 Å². The molecule has 0 radical (unpaired) electrons. The average molecular weight is 404 g/mol. The predicted molar refractivity (Wildman–Crippen MR) is 120 cm³/mol. The van der Waals surface area contributed by atoms with Crippen molar-refractivity contribution in [3.05, 3.63) is 29.8 Å². The van der Waals surface area contributed by atoms with E-state index in [0.717, 1.165) is 37.3 Å². The van der Waals surface area contributed by atoms with Crippen molar-refractivity contribution in [2.75, 3.05) is 31.5 Å². The Morgan fingerprint density at radius 3 is 2.45 bits per heavy atom. The van der Waals surface area contributed by atoms with E-state index in [1.54, 1.807) is 0 Å². The molecule has 1 rings (SSSR count). The number of benzene rings is 1. The van der Waals surface area contributed by atoms with Crippen molar-refractivity contribution < 1.29 is 9.59 Å². The van der Waals surface area contributed by atoms with E-state index in [9.17, 15) is 9.59 Å². The molecule has 1 aromatic carbocycles. The number of rotatable bonds is 11. The van der Waals surface area contributed by atoms with Crippen LogP contribution in [0.15, 0.2) is 29.3 Å². The van der Waals surface area contributed by atoms with Gasteiger partial charge in [-0.2, -0.15) is 0 Å². The Kier molecular flexibility index (Phi) is 11.5. The van der Waals surface area contributed by atoms with Gasteiger partial charge < -0.3 is 20.9 Å². The highest BCUT2D eigenvalue weighted by Gasteiger charge is 2.11. The van der Waals surface area contributed by atoms with Crippen LogP contribution in [0.4, 0.5) is 5.69 Å². The molecule has 0 saturated heterocycles. The molecule has 29 heavy (non-hydrogen) atoms. The van der Waals surface area contributed by atoms with E-state index in [-0.39, 0.29) is 17.7 Å². The van der Waals surface area contributed by atoms with Crippen LogP contribution in [0.3, 0.4) is 0 Å². The molecular formula is C22H37N5O2. The zero-order valence-electron chi connectivity index (χ0n) is 18.5. The largest absolute Gasteiger partial charge is 0.357 e. The van der Waals surface area contributed by atoms with Crippen molar-refractivity contribution in [3.63, 3.8) is 0 Å². The molecule has 1 atom stereocenters. The number of hydrogen-bond donors (Lipinski definition) is 3. The zero-order chi connectivity index (χ0) is 21.6. The van der Waals surface area contributed by atoms with Crippen LogP contribution in [0.2, 0.25) is 0 Å². The molecule has 0 heterocycles. The lowest BCUT2D eigenvalue weighted by molar-refractivity contribution is -0.130. The Hall–Kier alpha value is -2.57. The Morgan fingerprint density at radius 1 is 1.10 bits per heavy atom. The Bertz CT molecular complexity index is 671. The van der Waals surface area contributed by atoms with E-state index >= 15 is 0 Å². The molecule has 1 aromatic rings. The molecule has 0 aromatic heterocycles. The normalized spacial score (nSPS) is 12.2. The Morgan fingerprint density at radius 2 is 1.83 bits per heavy atom. The summed E-state index contributed by atoms with van der Waals surface area (Å²) in [6, 6.07) is 7.73. The number of aliphatic imine (C=N–C) groups is 1. The SMILES string of the molecule is CCNC(=NCc1cccc(NC(=O)C(C)CC)c1)NCCC(=O)N(CC)CC. The maximum absolute atomic E-state index is 12.1. The molecule has 0 aliphatic heterocycles. The van der Waals surface area contributed by atoms with Crippen LogP contribution in [0.5, 0.6) is 0 Å². The van der Waals surface area contributed by atoms with Gasteiger partial charge in [-0.25, -0.2) is 4.99 Å². The lowest BCUT2D eigenvalue weighted by Gasteiger charge is -2.19. The fourth-order valence-corrected chi connectivity index (χ4v) is 2.73. The maximum Gasteiger partial charge on any atom is 0.227 e. The van der Waals surface area contributed by atoms with Crippen molar-refractivity contribution >= 4 is 23.5 Å². The molecule has 162 valence electrons. The van der Waals surface area contributed by atoms with E-state index in [4.69, 9.17) is 0 Å². The van der Waals surface area contributed by atoms with E-state index in [2.05, 4.69) is 20.9 Å². The fraction of sp³-hybridized carbons (Fsp3) is 0.591. The molecule has 7 nitrogen and oxygen atoms in total. The summed E-state index contributed by atoms with van der Waals surface area (Å²) in [6.45, 7) is 13.1. The first-order valence-electron chi connectivity index (χ1n) is 10.6. The number of carbonyl (C=O) groups is 2. The molecule has 0 aliphatic rings. The standard InChI is InChI=1S/C22H37N5O2/c1-6-17(5)21(29)26-19-12-10-11-18(15-19)16-25-22(23-7-2)24-14-13-20(28)27(8-3)9-4/h10-12,15,17H,6-9,13-14,16H2,1-5H3,(H,26,29)(H2,23,24,25). The first-order chi connectivity index (χ1) is 13.9. The summed E-state index contributed by atoms with van der Waals surface area (Å²) in [5.74, 6) is 0.832. The summed E-state index contributed by atoms with van der Waals surface area (Å²) in [5, 5.41) is 9.37. The second-order valence-electron chi connectivity index (χ2n) is 6.94. The molecule has 0 spiro atoms. The number of amides is 2. The van der Waals surface area contributed by atoms with Crippen LogP contribution in [0.1, 0.15) is 53.0 Å². The third kappa shape index (κ3) is 8.98. The highest BCUT2D eigenvalue weighted by molar-refractivity contribution is 5.92. The first-order valence-corrected chi connectivity index (χ1v) is 10.6. The number of carbonyl (C=O) groups excluding carboxylic acids is 2. The van der Waals surface area contributed by atoms with Gasteiger partial charge in [-0.05, 0) is 44.9 Å². The Balaban J connectivity index is 2.65. The summed E-state index contributed by atoms with van der Waals surface area (Å²) >= 11 is 0. The van der Waals surface area contributed by atoms with Crippen LogP contribution in [-0.2, 0) is 16.1 Å². The molecule has 3 N–H and O–H groups in total. The van der Waals surface area contributed by atoms with Crippen molar-refractivity contribution in [1.82, 2.24) is 15.5 Å². The molecule has 7 heteroatoms. The molecule has 0 bridgehead atoms. The van der Waals surface area contributed by atoms with E-state index in [1.807, 2.05) is 63.8 Å². The predicted octanol–water partition coefficient (Wildman–Crippen LogP) is 2.98.